The van der Waals surface area contributed by atoms with Crippen LogP contribution in [-0.2, 0) is 38.3 Å². The number of aromatic hydroxyl groups is 2. The van der Waals surface area contributed by atoms with Crippen LogP contribution in [0.5, 0.6) is 17.2 Å². The van der Waals surface area contributed by atoms with Crippen LogP contribution in [0.15, 0.2) is 35.9 Å². The maximum atomic E-state index is 17.7. The van der Waals surface area contributed by atoms with Crippen LogP contribution in [-0.4, -0.2) is 127 Å². The molecule has 20 nitrogen and oxygen atoms in total. The van der Waals surface area contributed by atoms with Crippen LogP contribution in [0.25, 0.3) is 0 Å². The predicted octanol–water partition coefficient (Wildman–Crippen LogP) is 3.52. The van der Waals surface area contributed by atoms with Crippen molar-refractivity contribution in [3.8, 4) is 17.2 Å². The molecule has 0 bridgehead atoms. The topological polar surface area (TPSA) is 289 Å². The first kappa shape index (κ1) is 45.4. The highest BCUT2D eigenvalue weighted by molar-refractivity contribution is 6.01. The molecule has 22 heteroatoms. The van der Waals surface area contributed by atoms with Gasteiger partial charge in [0.25, 0.3) is 0 Å². The van der Waals surface area contributed by atoms with Crippen molar-refractivity contribution in [1.82, 2.24) is 10.8 Å². The molecule has 0 heterocycles. The molecular weight excluding hydrogens is 798 g/mol. The lowest BCUT2D eigenvalue weighted by molar-refractivity contribution is -0.492. The second-order valence-corrected chi connectivity index (χ2v) is 15.2. The lowest BCUT2D eigenvalue weighted by Crippen LogP contribution is -2.70. The van der Waals surface area contributed by atoms with Crippen molar-refractivity contribution in [3.05, 3.63) is 41.5 Å². The summed E-state index contributed by atoms with van der Waals surface area (Å²) in [6.45, 7) is 1.03. The zero-order chi connectivity index (χ0) is 43.5. The van der Waals surface area contributed by atoms with Gasteiger partial charge < -0.3 is 34.3 Å². The predicted molar refractivity (Wildman–Crippen MR) is 186 cm³/mol. The smallest absolute Gasteiger partial charge is 0.504 e. The third-order valence-electron chi connectivity index (χ3n) is 12.0. The van der Waals surface area contributed by atoms with E-state index < -0.39 is 130 Å². The average molecular weight is 845 g/mol. The second kappa shape index (κ2) is 17.9. The standard InChI is InChI=1S/C37H46F2N2O18/c1-34-9-7-21(42)16-24(34)25(38)17-23-22-8-10-36(35(22,2)18-28(44)37(23,34)39,59-30(46)6-5-13-57-41(52)53)29(45)19-55-33(49)58-27-15-20(14-26(43)31(27)47)32(48)54-11-3-4-12-56-40(50)51/h7,9,14-16,22-23,25,28,43-44,47,50-53H,3-6,8,10-13,17-19H2,1-2H3/t22?,23?,25-,28-,34-,35-,36-,37-/m0/s1. The van der Waals surface area contributed by atoms with Gasteiger partial charge in [-0.2, -0.15) is 0 Å². The van der Waals surface area contributed by atoms with Crippen LogP contribution in [0.1, 0.15) is 75.6 Å². The first-order chi connectivity index (χ1) is 27.7. The van der Waals surface area contributed by atoms with Crippen LogP contribution in [0.4, 0.5) is 13.6 Å². The minimum Gasteiger partial charge on any atom is -0.504 e. The van der Waals surface area contributed by atoms with Crippen molar-refractivity contribution in [3.63, 3.8) is 0 Å². The molecule has 8 atom stereocenters. The number of unbranched alkanes of at least 4 members (excludes halogenated alkanes) is 1. The lowest BCUT2D eigenvalue weighted by atomic mass is 9.44. The molecule has 0 amide bonds. The third kappa shape index (κ3) is 8.81. The summed E-state index contributed by atoms with van der Waals surface area (Å²) in [5, 5.41) is 65.9. The number of alkyl halides is 2. The molecular formula is C37H46F2N2O18. The van der Waals surface area contributed by atoms with Crippen molar-refractivity contribution in [2.75, 3.05) is 26.4 Å². The number of aliphatic hydroxyl groups excluding tert-OH is 1. The summed E-state index contributed by atoms with van der Waals surface area (Å²) in [6.07, 6.45) is -3.37. The minimum atomic E-state index is -2.53. The highest BCUT2D eigenvalue weighted by atomic mass is 19.1. The fraction of sp³-hybridized carbons (Fsp3) is 0.595. The van der Waals surface area contributed by atoms with Gasteiger partial charge >= 0.3 is 18.1 Å². The molecule has 0 aromatic heterocycles. The SMILES string of the molecule is C[C@]12C=CC(=O)C=C1[C@@H](F)CC1C3CC[C@](OC(=O)CCCON(O)O)(C(=O)COC(=O)Oc4cc(C(=O)OCCCCON(O)O)cc(O)c4O)[C@@]3(C)C[C@H](O)[C@@]12F. The van der Waals surface area contributed by atoms with E-state index in [0.29, 0.717) is 0 Å². The number of phenols is 2. The number of phenolic OH excluding ortho intramolecular Hbond substituents is 2. The van der Waals surface area contributed by atoms with E-state index in [0.717, 1.165) is 24.3 Å². The van der Waals surface area contributed by atoms with Gasteiger partial charge in [-0.25, -0.2) is 18.4 Å². The number of aliphatic hydroxyl groups is 1. The van der Waals surface area contributed by atoms with Gasteiger partial charge in [0, 0.05) is 23.2 Å². The zero-order valence-electron chi connectivity index (χ0n) is 32.0. The molecule has 0 saturated heterocycles. The summed E-state index contributed by atoms with van der Waals surface area (Å²) in [7, 11) is 0. The summed E-state index contributed by atoms with van der Waals surface area (Å²) in [4.78, 5) is 74.2. The van der Waals surface area contributed by atoms with Crippen LogP contribution >= 0.6 is 0 Å². The Balaban J connectivity index is 1.35. The van der Waals surface area contributed by atoms with Gasteiger partial charge in [-0.3, -0.25) is 44.9 Å². The molecule has 7 N–H and O–H groups in total. The molecule has 326 valence electrons. The largest absolute Gasteiger partial charge is 0.514 e. The summed E-state index contributed by atoms with van der Waals surface area (Å²) < 4.78 is 54.7. The Labute approximate surface area is 334 Å². The van der Waals surface area contributed by atoms with Crippen LogP contribution in [0.3, 0.4) is 0 Å². The highest BCUT2D eigenvalue weighted by Crippen LogP contribution is 2.70. The molecule has 59 heavy (non-hydrogen) atoms. The monoisotopic (exact) mass is 844 g/mol. The molecule has 0 radical (unpaired) electrons. The Morgan fingerprint density at radius 3 is 2.27 bits per heavy atom. The molecule has 2 unspecified atom stereocenters. The Morgan fingerprint density at radius 2 is 1.59 bits per heavy atom. The molecule has 1 aromatic rings. The van der Waals surface area contributed by atoms with Crippen molar-refractivity contribution in [2.45, 2.75) is 88.8 Å². The van der Waals surface area contributed by atoms with E-state index >= 15 is 8.78 Å². The van der Waals surface area contributed by atoms with Gasteiger partial charge in [0.2, 0.25) is 11.5 Å². The molecule has 1 aromatic carbocycles. The summed E-state index contributed by atoms with van der Waals surface area (Å²) in [5.41, 5.74) is -8.61. The second-order valence-electron chi connectivity index (χ2n) is 15.2. The zero-order valence-corrected chi connectivity index (χ0v) is 32.0. The fourth-order valence-corrected chi connectivity index (χ4v) is 9.23. The van der Waals surface area contributed by atoms with Gasteiger partial charge in [0.05, 0.1) is 42.3 Å². The molecule has 4 aliphatic carbocycles. The number of hydrogen-bond acceptors (Lipinski definition) is 20. The first-order valence-electron chi connectivity index (χ1n) is 18.6. The number of ketones is 2. The van der Waals surface area contributed by atoms with Crippen molar-refractivity contribution in [2.24, 2.45) is 22.7 Å². The molecule has 4 aliphatic rings. The molecule has 3 fully saturated rings. The number of allylic oxidation sites excluding steroid dienone is 4. The summed E-state index contributed by atoms with van der Waals surface area (Å²) in [6, 6.07) is 1.64. The number of hydrogen-bond donors (Lipinski definition) is 7. The Bertz CT molecular complexity index is 1860. The molecule has 5 rings (SSSR count). The van der Waals surface area contributed by atoms with Gasteiger partial charge in [0.1, 0.15) is 6.17 Å². The van der Waals surface area contributed by atoms with Gasteiger partial charge in [-0.1, -0.05) is 13.0 Å². The fourth-order valence-electron chi connectivity index (χ4n) is 9.23. The Hall–Kier alpha value is -4.65. The maximum Gasteiger partial charge on any atom is 0.514 e. The quantitative estimate of drug-likeness (QED) is 0.0295. The van der Waals surface area contributed by atoms with Gasteiger partial charge in [-0.15, -0.1) is 0 Å². The van der Waals surface area contributed by atoms with Gasteiger partial charge in [0.15, 0.2) is 35.2 Å². The van der Waals surface area contributed by atoms with Crippen LogP contribution in [0.2, 0.25) is 0 Å². The Morgan fingerprint density at radius 1 is 0.932 bits per heavy atom. The van der Waals surface area contributed by atoms with Crippen molar-refractivity contribution >= 4 is 29.7 Å². The molecule has 0 aliphatic heterocycles. The van der Waals surface area contributed by atoms with E-state index in [-0.39, 0.29) is 63.1 Å². The van der Waals surface area contributed by atoms with E-state index in [4.69, 9.17) is 39.8 Å². The first-order valence-corrected chi connectivity index (χ1v) is 18.6. The number of carbonyl (C=O) groups excluding carboxylic acids is 5. The number of ether oxygens (including phenoxy) is 4. The summed E-state index contributed by atoms with van der Waals surface area (Å²) >= 11 is 0. The molecule has 0 spiro atoms. The Kier molecular flexibility index (Phi) is 13.8. The van der Waals surface area contributed by atoms with E-state index in [1.807, 2.05) is 0 Å². The highest BCUT2D eigenvalue weighted by Gasteiger charge is 2.76. The number of fused-ring (bicyclic) bond motifs is 5. The number of benzene rings is 1. The van der Waals surface area contributed by atoms with Crippen LogP contribution in [0, 0.1) is 22.7 Å². The van der Waals surface area contributed by atoms with Gasteiger partial charge in [-0.05, 0) is 87.6 Å². The van der Waals surface area contributed by atoms with Crippen molar-refractivity contribution in [1.29, 1.82) is 0 Å². The normalized spacial score (nSPS) is 30.9. The van der Waals surface area contributed by atoms with Crippen LogP contribution < -0.4 is 4.74 Å². The molecule has 3 saturated carbocycles. The number of rotatable bonds is 17. The minimum absolute atomic E-state index is 0.0195. The maximum absolute atomic E-state index is 17.7. The number of Topliss-reactive ketones (excluding diaryl/α,β-unsaturated/α-hetero) is 1. The average Bonchev–Trinajstić information content (AvgIpc) is 3.45. The van der Waals surface area contributed by atoms with E-state index in [1.165, 1.54) is 19.9 Å². The number of esters is 2. The van der Waals surface area contributed by atoms with E-state index in [2.05, 4.69) is 9.68 Å². The third-order valence-corrected chi connectivity index (χ3v) is 12.0. The number of halogens is 2. The lowest BCUT2D eigenvalue weighted by Gasteiger charge is -2.63. The summed E-state index contributed by atoms with van der Waals surface area (Å²) in [5.74, 6) is -8.48. The number of nitrogens with zero attached hydrogens (tertiary/aromatic N) is 2. The van der Waals surface area contributed by atoms with E-state index in [1.54, 1.807) is 0 Å². The van der Waals surface area contributed by atoms with Crippen molar-refractivity contribution < 1.29 is 97.5 Å². The van der Waals surface area contributed by atoms with E-state index in [9.17, 15) is 39.3 Å². The number of carbonyl (C=O) groups is 5.